The minimum absolute atomic E-state index is 0.155. The summed E-state index contributed by atoms with van der Waals surface area (Å²) in [6.45, 7) is 1.75. The molecule has 1 aliphatic carbocycles. The fraction of sp³-hybridized carbons (Fsp3) is 0.360. The average Bonchev–Trinajstić information content (AvgIpc) is 3.16. The van der Waals surface area contributed by atoms with Gasteiger partial charge in [0.1, 0.15) is 17.3 Å². The molecule has 0 bridgehead atoms. The first-order valence-corrected chi connectivity index (χ1v) is 12.3. The molecule has 1 heterocycles. The van der Waals surface area contributed by atoms with Crippen LogP contribution >= 0.6 is 23.4 Å². The molecule has 7 heteroatoms. The fourth-order valence-corrected chi connectivity index (χ4v) is 6.27. The van der Waals surface area contributed by atoms with E-state index in [0.717, 1.165) is 24.3 Å². The van der Waals surface area contributed by atoms with Gasteiger partial charge in [0.05, 0.1) is 16.0 Å². The molecule has 4 rings (SSSR count). The highest BCUT2D eigenvalue weighted by Crippen LogP contribution is 2.48. The third-order valence-electron chi connectivity index (χ3n) is 6.33. The number of halogens is 2. The highest BCUT2D eigenvalue weighted by atomic mass is 35.5. The van der Waals surface area contributed by atoms with Crippen molar-refractivity contribution in [2.45, 2.75) is 43.8 Å². The van der Waals surface area contributed by atoms with Crippen molar-refractivity contribution in [2.75, 3.05) is 5.75 Å². The minimum Gasteiger partial charge on any atom is -0.369 e. The molecule has 1 aromatic heterocycles. The summed E-state index contributed by atoms with van der Waals surface area (Å²) in [7, 11) is 0. The maximum Gasteiger partial charge on any atom is 0.228 e. The van der Waals surface area contributed by atoms with Crippen LogP contribution in [-0.4, -0.2) is 16.8 Å². The molecule has 0 radical (unpaired) electrons. The maximum atomic E-state index is 14.7. The smallest absolute Gasteiger partial charge is 0.228 e. The second-order valence-electron chi connectivity index (χ2n) is 8.47. The topological polar surface area (TPSA) is 69.1 Å². The molecule has 2 aromatic carbocycles. The Labute approximate surface area is 196 Å². The molecule has 0 spiro atoms. The van der Waals surface area contributed by atoms with E-state index in [2.05, 4.69) is 17.3 Å². The number of primary amides is 1. The van der Waals surface area contributed by atoms with Crippen molar-refractivity contribution >= 4 is 29.3 Å². The Balaban J connectivity index is 1.63. The average molecular weight is 473 g/mol. The normalized spacial score (nSPS) is 20.9. The number of rotatable bonds is 7. The number of carbonyl (C=O) groups excluding carboxylic acids is 1. The Morgan fingerprint density at radius 1 is 1.28 bits per heavy atom. The number of nitrogens with two attached hydrogens (primary N) is 1. The second-order valence-corrected chi connectivity index (χ2v) is 9.91. The molecule has 0 saturated heterocycles. The van der Waals surface area contributed by atoms with Crippen LogP contribution in [0, 0.1) is 18.7 Å². The lowest BCUT2D eigenvalue weighted by molar-refractivity contribution is -0.125. The van der Waals surface area contributed by atoms with Crippen molar-refractivity contribution in [3.63, 3.8) is 0 Å². The maximum absolute atomic E-state index is 14.7. The molecule has 168 valence electrons. The van der Waals surface area contributed by atoms with Crippen LogP contribution in [0.1, 0.15) is 42.6 Å². The van der Waals surface area contributed by atoms with E-state index in [1.165, 1.54) is 17.7 Å². The number of hydrogen-bond acceptors (Lipinski definition) is 4. The number of amides is 1. The molecule has 1 aliphatic rings. The van der Waals surface area contributed by atoms with E-state index < -0.39 is 17.1 Å². The SMILES string of the molecule is Cc1onc(-c2c(F)cccc2Cl)c1C1(C(N)=O)CCCC(CSCc2ccccc2)C1. The predicted molar refractivity (Wildman–Crippen MR) is 127 cm³/mol. The van der Waals surface area contributed by atoms with Gasteiger partial charge in [-0.05, 0) is 55.6 Å². The van der Waals surface area contributed by atoms with Crippen LogP contribution in [0.15, 0.2) is 53.1 Å². The van der Waals surface area contributed by atoms with Gasteiger partial charge in [0.2, 0.25) is 5.91 Å². The second kappa shape index (κ2) is 9.67. The zero-order valence-electron chi connectivity index (χ0n) is 17.9. The molecule has 2 unspecified atom stereocenters. The number of hydrogen-bond donors (Lipinski definition) is 1. The first kappa shape index (κ1) is 22.9. The number of aromatic nitrogens is 1. The van der Waals surface area contributed by atoms with Gasteiger partial charge in [0.25, 0.3) is 0 Å². The summed E-state index contributed by atoms with van der Waals surface area (Å²) < 4.78 is 20.2. The lowest BCUT2D eigenvalue weighted by atomic mass is 9.64. The van der Waals surface area contributed by atoms with Gasteiger partial charge in [-0.2, -0.15) is 11.8 Å². The highest BCUT2D eigenvalue weighted by molar-refractivity contribution is 7.98. The van der Waals surface area contributed by atoms with Crippen LogP contribution in [0.4, 0.5) is 4.39 Å². The Morgan fingerprint density at radius 2 is 2.06 bits per heavy atom. The minimum atomic E-state index is -0.957. The van der Waals surface area contributed by atoms with Crippen LogP contribution in [0.25, 0.3) is 11.3 Å². The number of benzene rings is 2. The molecule has 3 aromatic rings. The van der Waals surface area contributed by atoms with Crippen LogP contribution in [0.3, 0.4) is 0 Å². The van der Waals surface area contributed by atoms with E-state index in [-0.39, 0.29) is 16.3 Å². The van der Waals surface area contributed by atoms with Crippen molar-refractivity contribution in [1.82, 2.24) is 5.16 Å². The number of nitrogens with zero attached hydrogens (tertiary/aromatic N) is 1. The van der Waals surface area contributed by atoms with Crippen molar-refractivity contribution in [2.24, 2.45) is 11.7 Å². The summed E-state index contributed by atoms with van der Waals surface area (Å²) in [6.07, 6.45) is 3.06. The summed E-state index contributed by atoms with van der Waals surface area (Å²) in [5.41, 5.74) is 7.36. The summed E-state index contributed by atoms with van der Waals surface area (Å²) in [5.74, 6) is 1.71. The molecule has 2 N–H and O–H groups in total. The van der Waals surface area contributed by atoms with Gasteiger partial charge in [-0.15, -0.1) is 0 Å². The summed E-state index contributed by atoms with van der Waals surface area (Å²) in [5, 5.41) is 4.35. The van der Waals surface area contributed by atoms with Gasteiger partial charge in [0, 0.05) is 11.3 Å². The molecule has 0 aliphatic heterocycles. The Kier molecular flexibility index (Phi) is 6.91. The lowest BCUT2D eigenvalue weighted by Gasteiger charge is -2.38. The molecule has 1 fully saturated rings. The van der Waals surface area contributed by atoms with Gasteiger partial charge >= 0.3 is 0 Å². The van der Waals surface area contributed by atoms with Gasteiger partial charge in [-0.1, -0.05) is 59.6 Å². The van der Waals surface area contributed by atoms with E-state index >= 15 is 0 Å². The van der Waals surface area contributed by atoms with Crippen LogP contribution in [-0.2, 0) is 16.0 Å². The van der Waals surface area contributed by atoms with Crippen molar-refractivity contribution in [1.29, 1.82) is 0 Å². The number of aryl methyl sites for hydroxylation is 1. The van der Waals surface area contributed by atoms with Crippen LogP contribution in [0.2, 0.25) is 5.02 Å². The van der Waals surface area contributed by atoms with Crippen molar-refractivity contribution in [3.05, 3.63) is 76.3 Å². The van der Waals surface area contributed by atoms with Crippen LogP contribution < -0.4 is 5.73 Å². The predicted octanol–water partition coefficient (Wildman–Crippen LogP) is 6.29. The van der Waals surface area contributed by atoms with Gasteiger partial charge in [-0.25, -0.2) is 4.39 Å². The lowest BCUT2D eigenvalue weighted by Crippen LogP contribution is -2.46. The summed E-state index contributed by atoms with van der Waals surface area (Å²) in [6, 6.07) is 14.8. The monoisotopic (exact) mass is 472 g/mol. The molecule has 1 saturated carbocycles. The van der Waals surface area contributed by atoms with E-state index in [1.54, 1.807) is 13.0 Å². The third kappa shape index (κ3) is 4.44. The van der Waals surface area contributed by atoms with Gasteiger partial charge in [-0.3, -0.25) is 4.79 Å². The summed E-state index contributed by atoms with van der Waals surface area (Å²) in [4.78, 5) is 12.9. The van der Waals surface area contributed by atoms with Gasteiger partial charge < -0.3 is 10.3 Å². The molecular weight excluding hydrogens is 447 g/mol. The van der Waals surface area contributed by atoms with E-state index in [0.29, 0.717) is 30.1 Å². The zero-order valence-corrected chi connectivity index (χ0v) is 19.5. The standard InChI is InChI=1S/C25H26ClFN2O2S/c1-16-22(23(29-31-16)21-19(26)10-5-11-20(21)27)25(24(28)30)12-6-9-18(13-25)15-32-14-17-7-3-2-4-8-17/h2-5,7-8,10-11,18H,6,9,12-15H2,1H3,(H2,28,30). The summed E-state index contributed by atoms with van der Waals surface area (Å²) >= 11 is 8.18. The molecule has 1 amide bonds. The Hall–Kier alpha value is -2.31. The van der Waals surface area contributed by atoms with Crippen LogP contribution in [0.5, 0.6) is 0 Å². The van der Waals surface area contributed by atoms with E-state index in [9.17, 15) is 9.18 Å². The zero-order chi connectivity index (χ0) is 22.7. The Morgan fingerprint density at radius 3 is 2.78 bits per heavy atom. The van der Waals surface area contributed by atoms with Crippen molar-refractivity contribution < 1.29 is 13.7 Å². The first-order chi connectivity index (χ1) is 15.4. The molecule has 2 atom stereocenters. The van der Waals surface area contributed by atoms with E-state index in [1.807, 2.05) is 30.0 Å². The Bertz CT molecular complexity index is 1080. The van der Waals surface area contributed by atoms with Gasteiger partial charge in [0.15, 0.2) is 0 Å². The molecule has 32 heavy (non-hydrogen) atoms. The van der Waals surface area contributed by atoms with Crippen molar-refractivity contribution in [3.8, 4) is 11.3 Å². The first-order valence-electron chi connectivity index (χ1n) is 10.7. The number of carbonyl (C=O) groups is 1. The van der Waals surface area contributed by atoms with E-state index in [4.69, 9.17) is 21.9 Å². The fourth-order valence-electron chi connectivity index (χ4n) is 4.85. The highest BCUT2D eigenvalue weighted by Gasteiger charge is 2.47. The quantitative estimate of drug-likeness (QED) is 0.438. The largest absolute Gasteiger partial charge is 0.369 e. The third-order valence-corrected chi connectivity index (χ3v) is 7.89. The number of thioether (sulfide) groups is 1. The molecule has 4 nitrogen and oxygen atoms in total. The molecular formula is C25H26ClFN2O2S.